The van der Waals surface area contributed by atoms with Crippen molar-refractivity contribution in [2.24, 2.45) is 17.8 Å². The maximum atomic E-state index is 13.1. The van der Waals surface area contributed by atoms with Crippen LogP contribution >= 0.6 is 0 Å². The van der Waals surface area contributed by atoms with Gasteiger partial charge in [-0.2, -0.15) is 0 Å². The molecule has 32 heavy (non-hydrogen) atoms. The fourth-order valence-electron chi connectivity index (χ4n) is 4.35. The second-order valence-electron chi connectivity index (χ2n) is 8.17. The van der Waals surface area contributed by atoms with Crippen LogP contribution in [-0.4, -0.2) is 73.6 Å². The maximum absolute atomic E-state index is 13.1. The lowest BCUT2D eigenvalue weighted by Crippen LogP contribution is -2.41. The summed E-state index contributed by atoms with van der Waals surface area (Å²) in [5.74, 6) is -0.976. The van der Waals surface area contributed by atoms with Gasteiger partial charge >= 0.3 is 5.97 Å². The molecule has 0 bridgehead atoms. The summed E-state index contributed by atoms with van der Waals surface area (Å²) in [6.07, 6.45) is 8.00. The highest BCUT2D eigenvalue weighted by molar-refractivity contribution is 5.90. The van der Waals surface area contributed by atoms with E-state index in [1.165, 1.54) is 14.2 Å². The molecular formula is C24H35NO7. The maximum Gasteiger partial charge on any atom is 0.335 e. The van der Waals surface area contributed by atoms with Crippen molar-refractivity contribution < 1.29 is 34.0 Å². The Hall–Kier alpha value is -2.58. The van der Waals surface area contributed by atoms with Gasteiger partial charge in [0.1, 0.15) is 11.5 Å². The first-order valence-corrected chi connectivity index (χ1v) is 10.9. The van der Waals surface area contributed by atoms with Crippen LogP contribution in [0.2, 0.25) is 0 Å². The SMILES string of the molecule is CCO[C@H](C)CN(C)C(=O)CC(C1C=CC(C(=O)O)=CC1)C1C(OC)=CC(OC)=CC1O. The molecule has 4 unspecified atom stereocenters. The van der Waals surface area contributed by atoms with Gasteiger partial charge < -0.3 is 29.3 Å². The largest absolute Gasteiger partial charge is 0.501 e. The number of carboxylic acid groups (broad SMARTS) is 1. The Morgan fingerprint density at radius 2 is 2.00 bits per heavy atom. The third kappa shape index (κ3) is 6.46. The van der Waals surface area contributed by atoms with Crippen molar-refractivity contribution in [3.8, 4) is 0 Å². The molecule has 0 aromatic heterocycles. The van der Waals surface area contributed by atoms with E-state index in [9.17, 15) is 19.8 Å². The molecule has 0 fully saturated rings. The fraction of sp³-hybridized carbons (Fsp3) is 0.583. The van der Waals surface area contributed by atoms with Gasteiger partial charge in [0.15, 0.2) is 0 Å². The van der Waals surface area contributed by atoms with Gasteiger partial charge in [-0.1, -0.05) is 18.2 Å². The smallest absolute Gasteiger partial charge is 0.335 e. The van der Waals surface area contributed by atoms with Crippen LogP contribution in [0.3, 0.4) is 0 Å². The van der Waals surface area contributed by atoms with Gasteiger partial charge in [-0.3, -0.25) is 4.79 Å². The molecule has 0 spiro atoms. The number of aliphatic carboxylic acids is 1. The number of rotatable bonds is 11. The Balaban J connectivity index is 2.29. The van der Waals surface area contributed by atoms with Crippen molar-refractivity contribution in [1.29, 1.82) is 0 Å². The van der Waals surface area contributed by atoms with Gasteiger partial charge in [0.05, 0.1) is 37.9 Å². The summed E-state index contributed by atoms with van der Waals surface area (Å²) >= 11 is 0. The van der Waals surface area contributed by atoms with Gasteiger partial charge in [0.25, 0.3) is 0 Å². The van der Waals surface area contributed by atoms with Crippen LogP contribution in [0.4, 0.5) is 0 Å². The van der Waals surface area contributed by atoms with Crippen LogP contribution in [0.1, 0.15) is 26.7 Å². The van der Waals surface area contributed by atoms with Crippen LogP contribution in [0, 0.1) is 17.8 Å². The number of allylic oxidation sites excluding steroid dienone is 3. The number of methoxy groups -OCH3 is 2. The van der Waals surface area contributed by atoms with Crippen LogP contribution in [0.25, 0.3) is 0 Å². The molecule has 0 aromatic carbocycles. The third-order valence-corrected chi connectivity index (χ3v) is 6.00. The van der Waals surface area contributed by atoms with E-state index in [0.717, 1.165) is 0 Å². The summed E-state index contributed by atoms with van der Waals surface area (Å²) in [5.41, 5.74) is 0.224. The number of hydrogen-bond acceptors (Lipinski definition) is 6. The first-order valence-electron chi connectivity index (χ1n) is 10.9. The molecule has 8 heteroatoms. The minimum Gasteiger partial charge on any atom is -0.501 e. The molecule has 8 nitrogen and oxygen atoms in total. The molecule has 178 valence electrons. The topological polar surface area (TPSA) is 106 Å². The number of aliphatic hydroxyl groups excluding tert-OH is 1. The molecule has 0 saturated heterocycles. The number of hydrogen-bond donors (Lipinski definition) is 2. The molecule has 0 aromatic rings. The van der Waals surface area contributed by atoms with E-state index in [-0.39, 0.29) is 35.8 Å². The van der Waals surface area contributed by atoms with Crippen molar-refractivity contribution >= 4 is 11.9 Å². The summed E-state index contributed by atoms with van der Waals surface area (Å²) in [7, 11) is 4.78. The van der Waals surface area contributed by atoms with Crippen molar-refractivity contribution in [2.75, 3.05) is 34.4 Å². The Bertz CT molecular complexity index is 798. The van der Waals surface area contributed by atoms with Crippen LogP contribution in [0.15, 0.2) is 47.5 Å². The van der Waals surface area contributed by atoms with E-state index in [0.29, 0.717) is 31.1 Å². The van der Waals surface area contributed by atoms with E-state index >= 15 is 0 Å². The monoisotopic (exact) mass is 449 g/mol. The fourth-order valence-corrected chi connectivity index (χ4v) is 4.35. The average molecular weight is 450 g/mol. The van der Waals surface area contributed by atoms with Crippen molar-refractivity contribution in [2.45, 2.75) is 38.9 Å². The molecule has 2 rings (SSSR count). The van der Waals surface area contributed by atoms with Gasteiger partial charge in [0, 0.05) is 32.7 Å². The molecule has 0 heterocycles. The summed E-state index contributed by atoms with van der Waals surface area (Å²) in [4.78, 5) is 26.1. The molecule has 2 N–H and O–H groups in total. The molecule has 0 aliphatic heterocycles. The van der Waals surface area contributed by atoms with Gasteiger partial charge in [-0.05, 0) is 38.2 Å². The number of carbonyl (C=O) groups excluding carboxylic acids is 1. The lowest BCUT2D eigenvalue weighted by atomic mass is 9.71. The number of nitrogens with zero attached hydrogens (tertiary/aromatic N) is 1. The van der Waals surface area contributed by atoms with Crippen molar-refractivity contribution in [3.05, 3.63) is 47.5 Å². The summed E-state index contributed by atoms with van der Waals surface area (Å²) in [5, 5.41) is 20.2. The minimum absolute atomic E-state index is 0.0767. The molecule has 0 radical (unpaired) electrons. The van der Waals surface area contributed by atoms with E-state index in [1.807, 2.05) is 19.9 Å². The zero-order valence-electron chi connectivity index (χ0n) is 19.5. The predicted octanol–water partition coefficient (Wildman–Crippen LogP) is 2.51. The first kappa shape index (κ1) is 25.7. The molecule has 1 amide bonds. The highest BCUT2D eigenvalue weighted by Gasteiger charge is 2.40. The summed E-state index contributed by atoms with van der Waals surface area (Å²) in [6.45, 7) is 4.85. The van der Waals surface area contributed by atoms with Crippen molar-refractivity contribution in [1.82, 2.24) is 4.90 Å². The number of likely N-dealkylation sites (N-methyl/N-ethyl adjacent to an activating group) is 1. The molecule has 2 aliphatic carbocycles. The average Bonchev–Trinajstić information content (AvgIpc) is 2.77. The molecule has 5 atom stereocenters. The van der Waals surface area contributed by atoms with E-state index in [1.54, 1.807) is 36.3 Å². The van der Waals surface area contributed by atoms with Crippen LogP contribution < -0.4 is 0 Å². The molecule has 0 saturated carbocycles. The zero-order valence-corrected chi connectivity index (χ0v) is 19.5. The van der Waals surface area contributed by atoms with Crippen molar-refractivity contribution in [3.63, 3.8) is 0 Å². The second kappa shape index (κ2) is 11.9. The van der Waals surface area contributed by atoms with Crippen LogP contribution in [-0.2, 0) is 23.8 Å². The van der Waals surface area contributed by atoms with E-state index in [4.69, 9.17) is 14.2 Å². The quantitative estimate of drug-likeness (QED) is 0.499. The Morgan fingerprint density at radius 1 is 1.28 bits per heavy atom. The summed E-state index contributed by atoms with van der Waals surface area (Å²) in [6, 6.07) is 0. The number of amides is 1. The normalized spacial score (nSPS) is 24.6. The number of aliphatic hydroxyl groups is 1. The second-order valence-corrected chi connectivity index (χ2v) is 8.17. The van der Waals surface area contributed by atoms with Gasteiger partial charge in [-0.15, -0.1) is 0 Å². The third-order valence-electron chi connectivity index (χ3n) is 6.00. The minimum atomic E-state index is -0.986. The van der Waals surface area contributed by atoms with Gasteiger partial charge in [0.2, 0.25) is 5.91 Å². The highest BCUT2D eigenvalue weighted by atomic mass is 16.5. The number of carbonyl (C=O) groups is 2. The summed E-state index contributed by atoms with van der Waals surface area (Å²) < 4.78 is 16.4. The lowest BCUT2D eigenvalue weighted by Gasteiger charge is -2.37. The van der Waals surface area contributed by atoms with Gasteiger partial charge in [-0.25, -0.2) is 4.79 Å². The molecular weight excluding hydrogens is 414 g/mol. The predicted molar refractivity (Wildman–Crippen MR) is 119 cm³/mol. The zero-order chi connectivity index (χ0) is 23.8. The van der Waals surface area contributed by atoms with E-state index in [2.05, 4.69) is 0 Å². The molecule has 2 aliphatic rings. The van der Waals surface area contributed by atoms with Crippen LogP contribution in [0.5, 0.6) is 0 Å². The van der Waals surface area contributed by atoms with E-state index < -0.39 is 18.0 Å². The number of carboxylic acids is 1. The highest BCUT2D eigenvalue weighted by Crippen LogP contribution is 2.40. The Morgan fingerprint density at radius 3 is 2.53 bits per heavy atom. The Kier molecular flexibility index (Phi) is 9.53. The first-order chi connectivity index (χ1) is 15.2. The lowest BCUT2D eigenvalue weighted by molar-refractivity contribution is -0.134. The Labute approximate surface area is 189 Å². The standard InChI is InChI=1S/C24H35NO7/c1-6-32-15(2)14-25(3)22(27)13-19(16-7-9-17(10-8-16)24(28)29)23-20(26)11-18(30-4)12-21(23)31-5/h7,9-12,15-16,19-20,23,26H,6,8,13-14H2,1-5H3,(H,28,29)/t15-,16?,19?,20?,23?/m1/s1. The number of ether oxygens (including phenoxy) is 3.